The molecular formula is C14H24N2O3. The Hall–Kier alpha value is -1.52. The van der Waals surface area contributed by atoms with Crippen LogP contribution in [0, 0.1) is 0 Å². The Balaban J connectivity index is 2.84. The van der Waals surface area contributed by atoms with Crippen LogP contribution in [0.15, 0.2) is 12.7 Å². The van der Waals surface area contributed by atoms with Crippen LogP contribution in [0.2, 0.25) is 0 Å². The maximum absolute atomic E-state index is 12.5. The minimum Gasteiger partial charge on any atom is -0.480 e. The summed E-state index contributed by atoms with van der Waals surface area (Å²) in [5.41, 5.74) is 0. The molecule has 1 saturated carbocycles. The summed E-state index contributed by atoms with van der Waals surface area (Å²) < 4.78 is 0. The molecule has 1 rings (SSSR count). The Labute approximate surface area is 114 Å². The molecule has 0 aromatic rings. The van der Waals surface area contributed by atoms with Crippen LogP contribution >= 0.6 is 0 Å². The van der Waals surface area contributed by atoms with E-state index in [9.17, 15) is 9.59 Å². The van der Waals surface area contributed by atoms with Crippen LogP contribution in [-0.4, -0.2) is 52.1 Å². The maximum Gasteiger partial charge on any atom is 0.323 e. The molecule has 0 saturated heterocycles. The van der Waals surface area contributed by atoms with E-state index in [4.69, 9.17) is 5.11 Å². The van der Waals surface area contributed by atoms with Crippen LogP contribution in [0.5, 0.6) is 0 Å². The SMILES string of the molecule is C=CCN(C(=O)N(CC(=O)O)C1CCCC1)C(C)C. The van der Waals surface area contributed by atoms with E-state index in [0.717, 1.165) is 25.7 Å². The van der Waals surface area contributed by atoms with Gasteiger partial charge in [0.1, 0.15) is 6.54 Å². The van der Waals surface area contributed by atoms with Gasteiger partial charge in [-0.3, -0.25) is 4.79 Å². The molecule has 0 aromatic heterocycles. The molecular weight excluding hydrogens is 244 g/mol. The number of carbonyl (C=O) groups is 2. The summed E-state index contributed by atoms with van der Waals surface area (Å²) in [6.45, 7) is 7.73. The Morgan fingerprint density at radius 1 is 1.37 bits per heavy atom. The lowest BCUT2D eigenvalue weighted by Gasteiger charge is -2.35. The van der Waals surface area contributed by atoms with Crippen molar-refractivity contribution in [3.8, 4) is 0 Å². The predicted octanol–water partition coefficient (Wildman–Crippen LogP) is 2.33. The van der Waals surface area contributed by atoms with E-state index in [-0.39, 0.29) is 24.7 Å². The third kappa shape index (κ3) is 4.26. The van der Waals surface area contributed by atoms with Crippen molar-refractivity contribution in [1.29, 1.82) is 0 Å². The molecule has 0 atom stereocenters. The van der Waals surface area contributed by atoms with Crippen molar-refractivity contribution in [1.82, 2.24) is 9.80 Å². The van der Waals surface area contributed by atoms with E-state index in [2.05, 4.69) is 6.58 Å². The van der Waals surface area contributed by atoms with E-state index in [0.29, 0.717) is 6.54 Å². The van der Waals surface area contributed by atoms with Crippen LogP contribution in [-0.2, 0) is 4.79 Å². The molecule has 108 valence electrons. The largest absolute Gasteiger partial charge is 0.480 e. The smallest absolute Gasteiger partial charge is 0.323 e. The van der Waals surface area contributed by atoms with E-state index in [1.54, 1.807) is 11.0 Å². The lowest BCUT2D eigenvalue weighted by atomic mass is 10.2. The molecule has 1 fully saturated rings. The number of carboxylic acids is 1. The van der Waals surface area contributed by atoms with Crippen LogP contribution in [0.25, 0.3) is 0 Å². The molecule has 0 bridgehead atoms. The van der Waals surface area contributed by atoms with Crippen molar-refractivity contribution in [3.05, 3.63) is 12.7 Å². The monoisotopic (exact) mass is 268 g/mol. The van der Waals surface area contributed by atoms with E-state index in [1.165, 1.54) is 4.90 Å². The highest BCUT2D eigenvalue weighted by molar-refractivity contribution is 5.80. The van der Waals surface area contributed by atoms with Crippen LogP contribution in [0.3, 0.4) is 0 Å². The molecule has 0 spiro atoms. The lowest BCUT2D eigenvalue weighted by Crippen LogP contribution is -2.51. The first-order valence-electron chi connectivity index (χ1n) is 6.87. The van der Waals surface area contributed by atoms with Crippen LogP contribution < -0.4 is 0 Å². The molecule has 0 aromatic carbocycles. The Bertz CT molecular complexity index is 336. The molecule has 0 unspecified atom stereocenters. The summed E-state index contributed by atoms with van der Waals surface area (Å²) in [6.07, 6.45) is 5.61. The average molecular weight is 268 g/mol. The van der Waals surface area contributed by atoms with Crippen LogP contribution in [0.4, 0.5) is 4.79 Å². The number of hydrogen-bond acceptors (Lipinski definition) is 2. The first-order valence-corrected chi connectivity index (χ1v) is 6.87. The highest BCUT2D eigenvalue weighted by Gasteiger charge is 2.31. The third-order valence-electron chi connectivity index (χ3n) is 3.51. The molecule has 2 amide bonds. The van der Waals surface area contributed by atoms with Crippen LogP contribution in [0.1, 0.15) is 39.5 Å². The minimum absolute atomic E-state index is 0.0307. The highest BCUT2D eigenvalue weighted by Crippen LogP contribution is 2.24. The number of amides is 2. The van der Waals surface area contributed by atoms with E-state index >= 15 is 0 Å². The fraction of sp³-hybridized carbons (Fsp3) is 0.714. The fourth-order valence-electron chi connectivity index (χ4n) is 2.53. The molecule has 19 heavy (non-hydrogen) atoms. The van der Waals surface area contributed by atoms with Gasteiger partial charge in [-0.1, -0.05) is 18.9 Å². The number of urea groups is 1. The van der Waals surface area contributed by atoms with E-state index in [1.807, 2.05) is 13.8 Å². The summed E-state index contributed by atoms with van der Waals surface area (Å²) in [5, 5.41) is 9.01. The molecule has 5 heteroatoms. The molecule has 1 aliphatic carbocycles. The molecule has 5 nitrogen and oxygen atoms in total. The number of nitrogens with zero attached hydrogens (tertiary/aromatic N) is 2. The zero-order valence-corrected chi connectivity index (χ0v) is 11.8. The summed E-state index contributed by atoms with van der Waals surface area (Å²) in [6, 6.07) is -0.0953. The number of aliphatic carboxylic acids is 1. The summed E-state index contributed by atoms with van der Waals surface area (Å²) in [5.74, 6) is -0.956. The van der Waals surface area contributed by atoms with Crippen molar-refractivity contribution in [2.45, 2.75) is 51.6 Å². The standard InChI is InChI=1S/C14H24N2O3/c1-4-9-15(11(2)3)14(19)16(10-13(17)18)12-7-5-6-8-12/h4,11-12H,1,5-10H2,2-3H3,(H,17,18). The second kappa shape index (κ2) is 7.16. The van der Waals surface area contributed by atoms with Gasteiger partial charge in [0.2, 0.25) is 0 Å². The molecule has 0 radical (unpaired) electrons. The first kappa shape index (κ1) is 15.5. The quantitative estimate of drug-likeness (QED) is 0.752. The predicted molar refractivity (Wildman–Crippen MR) is 74.0 cm³/mol. The topological polar surface area (TPSA) is 60.9 Å². The van der Waals surface area contributed by atoms with Gasteiger partial charge >= 0.3 is 12.0 Å². The van der Waals surface area contributed by atoms with Gasteiger partial charge in [-0.2, -0.15) is 0 Å². The minimum atomic E-state index is -0.956. The second-order valence-corrected chi connectivity index (χ2v) is 5.28. The Morgan fingerprint density at radius 3 is 2.37 bits per heavy atom. The summed E-state index contributed by atoms with van der Waals surface area (Å²) in [7, 11) is 0. The van der Waals surface area contributed by atoms with Gasteiger partial charge in [0.05, 0.1) is 0 Å². The van der Waals surface area contributed by atoms with Gasteiger partial charge < -0.3 is 14.9 Å². The fourth-order valence-corrected chi connectivity index (χ4v) is 2.53. The Morgan fingerprint density at radius 2 is 1.95 bits per heavy atom. The number of carboxylic acid groups (broad SMARTS) is 1. The second-order valence-electron chi connectivity index (χ2n) is 5.28. The molecule has 1 aliphatic rings. The van der Waals surface area contributed by atoms with Gasteiger partial charge in [0.15, 0.2) is 0 Å². The number of hydrogen-bond donors (Lipinski definition) is 1. The van der Waals surface area contributed by atoms with Crippen molar-refractivity contribution < 1.29 is 14.7 Å². The first-order chi connectivity index (χ1) is 8.97. The maximum atomic E-state index is 12.5. The molecule has 0 heterocycles. The molecule has 0 aliphatic heterocycles. The Kier molecular flexibility index (Phi) is 5.86. The van der Waals surface area contributed by atoms with Gasteiger partial charge in [0.25, 0.3) is 0 Å². The lowest BCUT2D eigenvalue weighted by molar-refractivity contribution is -0.138. The number of carbonyl (C=O) groups excluding carboxylic acids is 1. The summed E-state index contributed by atoms with van der Waals surface area (Å²) >= 11 is 0. The average Bonchev–Trinajstić information content (AvgIpc) is 2.85. The summed E-state index contributed by atoms with van der Waals surface area (Å²) in [4.78, 5) is 26.7. The van der Waals surface area contributed by atoms with Gasteiger partial charge in [-0.15, -0.1) is 6.58 Å². The normalized spacial score (nSPS) is 15.5. The third-order valence-corrected chi connectivity index (χ3v) is 3.51. The van der Waals surface area contributed by atoms with Crippen molar-refractivity contribution in [3.63, 3.8) is 0 Å². The van der Waals surface area contributed by atoms with Crippen molar-refractivity contribution in [2.75, 3.05) is 13.1 Å². The van der Waals surface area contributed by atoms with Gasteiger partial charge in [0, 0.05) is 18.6 Å². The highest BCUT2D eigenvalue weighted by atomic mass is 16.4. The van der Waals surface area contributed by atoms with Crippen molar-refractivity contribution in [2.24, 2.45) is 0 Å². The van der Waals surface area contributed by atoms with E-state index < -0.39 is 5.97 Å². The van der Waals surface area contributed by atoms with Gasteiger partial charge in [-0.05, 0) is 26.7 Å². The number of rotatable bonds is 6. The molecule has 1 N–H and O–H groups in total. The zero-order valence-electron chi connectivity index (χ0n) is 11.8. The van der Waals surface area contributed by atoms with Crippen molar-refractivity contribution >= 4 is 12.0 Å². The zero-order chi connectivity index (χ0) is 14.4. The van der Waals surface area contributed by atoms with Gasteiger partial charge in [-0.25, -0.2) is 4.79 Å².